The van der Waals surface area contributed by atoms with E-state index < -0.39 is 0 Å². The molecule has 1 atom stereocenters. The molecule has 0 aliphatic heterocycles. The molecule has 0 bridgehead atoms. The maximum absolute atomic E-state index is 6.04. The molecule has 2 rings (SSSR count). The normalized spacial score (nSPS) is 12.8. The van der Waals surface area contributed by atoms with Crippen LogP contribution in [0, 0.1) is 0 Å². The van der Waals surface area contributed by atoms with E-state index in [-0.39, 0.29) is 6.04 Å². The quantitative estimate of drug-likeness (QED) is 0.576. The Hall–Kier alpha value is -2.24. The van der Waals surface area contributed by atoms with Crippen LogP contribution in [-0.2, 0) is 6.54 Å². The summed E-state index contributed by atoms with van der Waals surface area (Å²) in [4.78, 5) is 6.47. The maximum Gasteiger partial charge on any atom is 0.191 e. The van der Waals surface area contributed by atoms with Crippen molar-refractivity contribution >= 4 is 17.6 Å². The summed E-state index contributed by atoms with van der Waals surface area (Å²) >= 11 is 6.04. The topological polar surface area (TPSA) is 48.9 Å². The lowest BCUT2D eigenvalue weighted by Gasteiger charge is -2.27. The molecule has 1 unspecified atom stereocenters. The van der Waals surface area contributed by atoms with Crippen molar-refractivity contribution in [3.8, 4) is 5.75 Å². The van der Waals surface area contributed by atoms with E-state index in [2.05, 4.69) is 40.7 Å². The highest BCUT2D eigenvalue weighted by molar-refractivity contribution is 6.30. The van der Waals surface area contributed by atoms with Gasteiger partial charge >= 0.3 is 0 Å². The van der Waals surface area contributed by atoms with Gasteiger partial charge in [0.25, 0.3) is 0 Å². The smallest absolute Gasteiger partial charge is 0.191 e. The van der Waals surface area contributed by atoms with Gasteiger partial charge in [0.1, 0.15) is 5.75 Å². The second kappa shape index (κ2) is 10.0. The highest BCUT2D eigenvalue weighted by Gasteiger charge is 2.18. The summed E-state index contributed by atoms with van der Waals surface area (Å²) in [5.41, 5.74) is 2.24. The zero-order valence-corrected chi connectivity index (χ0v) is 16.5. The predicted octanol–water partition coefficient (Wildman–Crippen LogP) is 3.32. The third kappa shape index (κ3) is 5.64. The summed E-state index contributed by atoms with van der Waals surface area (Å²) in [7, 11) is 7.58. The number of hydrogen-bond acceptors (Lipinski definition) is 3. The molecule has 0 radical (unpaired) electrons. The monoisotopic (exact) mass is 374 g/mol. The van der Waals surface area contributed by atoms with E-state index in [1.807, 2.05) is 42.5 Å². The Morgan fingerprint density at radius 3 is 2.58 bits per heavy atom. The van der Waals surface area contributed by atoms with Crippen LogP contribution >= 0.6 is 11.6 Å². The average Bonchev–Trinajstić information content (AvgIpc) is 2.64. The number of aliphatic imine (C=N–C) groups is 1. The van der Waals surface area contributed by atoms with Crippen molar-refractivity contribution in [2.75, 3.05) is 34.8 Å². The number of nitrogens with zero attached hydrogens (tertiary/aromatic N) is 2. The minimum absolute atomic E-state index is 0.149. The fourth-order valence-corrected chi connectivity index (χ4v) is 2.97. The molecule has 0 fully saturated rings. The van der Waals surface area contributed by atoms with Gasteiger partial charge in [0.2, 0.25) is 0 Å². The molecule has 2 N–H and O–H groups in total. The fraction of sp³-hybridized carbons (Fsp3) is 0.350. The first kappa shape index (κ1) is 20.1. The third-order valence-corrected chi connectivity index (χ3v) is 4.39. The largest absolute Gasteiger partial charge is 0.496 e. The summed E-state index contributed by atoms with van der Waals surface area (Å²) in [6.45, 7) is 1.35. The molecule has 0 saturated carbocycles. The van der Waals surface area contributed by atoms with Gasteiger partial charge < -0.3 is 20.3 Å². The van der Waals surface area contributed by atoms with Gasteiger partial charge in [0, 0.05) is 30.7 Å². The highest BCUT2D eigenvalue weighted by Crippen LogP contribution is 2.27. The molecular weight excluding hydrogens is 348 g/mol. The number of methoxy groups -OCH3 is 1. The van der Waals surface area contributed by atoms with E-state index >= 15 is 0 Å². The Labute approximate surface area is 161 Å². The van der Waals surface area contributed by atoms with Crippen LogP contribution in [0.2, 0.25) is 5.02 Å². The minimum atomic E-state index is 0.149. The second-order valence-electron chi connectivity index (χ2n) is 6.16. The van der Waals surface area contributed by atoms with Gasteiger partial charge in [-0.3, -0.25) is 4.99 Å². The predicted molar refractivity (Wildman–Crippen MR) is 109 cm³/mol. The molecule has 0 spiro atoms. The molecule has 6 heteroatoms. The van der Waals surface area contributed by atoms with Crippen LogP contribution in [0.25, 0.3) is 0 Å². The van der Waals surface area contributed by atoms with E-state index in [9.17, 15) is 0 Å². The van der Waals surface area contributed by atoms with Gasteiger partial charge in [-0.2, -0.15) is 0 Å². The Bertz CT molecular complexity index is 733. The molecule has 0 saturated heterocycles. The Balaban J connectivity index is 2.00. The van der Waals surface area contributed by atoms with Crippen LogP contribution in [-0.4, -0.2) is 45.7 Å². The first-order chi connectivity index (χ1) is 12.5. The number of halogens is 1. The van der Waals surface area contributed by atoms with Crippen LogP contribution in [0.5, 0.6) is 5.75 Å². The number of hydrogen-bond donors (Lipinski definition) is 2. The summed E-state index contributed by atoms with van der Waals surface area (Å²) in [5, 5.41) is 7.44. The Morgan fingerprint density at radius 2 is 1.92 bits per heavy atom. The van der Waals surface area contributed by atoms with Crippen molar-refractivity contribution in [3.63, 3.8) is 0 Å². The van der Waals surface area contributed by atoms with Crippen molar-refractivity contribution in [1.29, 1.82) is 0 Å². The van der Waals surface area contributed by atoms with Gasteiger partial charge in [-0.25, -0.2) is 0 Å². The summed E-state index contributed by atoms with van der Waals surface area (Å²) in [5.74, 6) is 1.63. The zero-order valence-electron chi connectivity index (χ0n) is 15.8. The molecule has 0 heterocycles. The van der Waals surface area contributed by atoms with E-state index in [1.54, 1.807) is 14.2 Å². The van der Waals surface area contributed by atoms with Crippen molar-refractivity contribution in [2.45, 2.75) is 12.6 Å². The summed E-state index contributed by atoms with van der Waals surface area (Å²) in [6.07, 6.45) is 0. The number of rotatable bonds is 7. The molecule has 0 aliphatic rings. The molecule has 2 aromatic carbocycles. The van der Waals surface area contributed by atoms with Crippen molar-refractivity contribution in [1.82, 2.24) is 15.5 Å². The first-order valence-corrected chi connectivity index (χ1v) is 8.91. The van der Waals surface area contributed by atoms with Crippen molar-refractivity contribution in [3.05, 3.63) is 64.7 Å². The SMILES string of the molecule is CN=C(NCc1cccc(Cl)c1)NCC(c1ccccc1OC)N(C)C. The standard InChI is InChI=1S/C20H27ClN4O/c1-22-20(23-13-15-8-7-9-16(21)12-15)24-14-18(25(2)3)17-10-5-6-11-19(17)26-4/h5-12,18H,13-14H2,1-4H3,(H2,22,23,24). The van der Waals surface area contributed by atoms with Crippen molar-refractivity contribution in [2.24, 2.45) is 4.99 Å². The number of guanidine groups is 1. The van der Waals surface area contributed by atoms with E-state index in [4.69, 9.17) is 16.3 Å². The molecule has 2 aromatic rings. The van der Waals surface area contributed by atoms with Crippen LogP contribution in [0.4, 0.5) is 0 Å². The Morgan fingerprint density at radius 1 is 1.15 bits per heavy atom. The van der Waals surface area contributed by atoms with Crippen LogP contribution in [0.1, 0.15) is 17.2 Å². The van der Waals surface area contributed by atoms with Crippen LogP contribution < -0.4 is 15.4 Å². The number of ether oxygens (including phenoxy) is 1. The van der Waals surface area contributed by atoms with Gasteiger partial charge in [-0.15, -0.1) is 0 Å². The van der Waals surface area contributed by atoms with E-state index in [0.29, 0.717) is 13.1 Å². The lowest BCUT2D eigenvalue weighted by Crippen LogP contribution is -2.41. The molecule has 0 amide bonds. The minimum Gasteiger partial charge on any atom is -0.496 e. The third-order valence-electron chi connectivity index (χ3n) is 4.16. The van der Waals surface area contributed by atoms with Gasteiger partial charge in [-0.05, 0) is 37.9 Å². The van der Waals surface area contributed by atoms with Gasteiger partial charge in [0.15, 0.2) is 5.96 Å². The average molecular weight is 375 g/mol. The van der Waals surface area contributed by atoms with E-state index in [1.165, 1.54) is 0 Å². The first-order valence-electron chi connectivity index (χ1n) is 8.53. The Kier molecular flexibility index (Phi) is 7.75. The van der Waals surface area contributed by atoms with Gasteiger partial charge in [0.05, 0.1) is 13.2 Å². The lowest BCUT2D eigenvalue weighted by atomic mass is 10.0. The van der Waals surface area contributed by atoms with Crippen LogP contribution in [0.15, 0.2) is 53.5 Å². The zero-order chi connectivity index (χ0) is 18.9. The molecule has 26 heavy (non-hydrogen) atoms. The van der Waals surface area contributed by atoms with Crippen molar-refractivity contribution < 1.29 is 4.74 Å². The number of para-hydroxylation sites is 1. The number of likely N-dealkylation sites (N-methyl/N-ethyl adjacent to an activating group) is 1. The second-order valence-corrected chi connectivity index (χ2v) is 6.59. The summed E-state index contributed by atoms with van der Waals surface area (Å²) < 4.78 is 5.51. The fourth-order valence-electron chi connectivity index (χ4n) is 2.76. The lowest BCUT2D eigenvalue weighted by molar-refractivity contribution is 0.287. The van der Waals surface area contributed by atoms with E-state index in [0.717, 1.165) is 27.9 Å². The van der Waals surface area contributed by atoms with Crippen LogP contribution in [0.3, 0.4) is 0 Å². The molecule has 140 valence electrons. The maximum atomic E-state index is 6.04. The summed E-state index contributed by atoms with van der Waals surface area (Å²) in [6, 6.07) is 16.0. The highest BCUT2D eigenvalue weighted by atomic mass is 35.5. The molecule has 0 aromatic heterocycles. The number of nitrogens with one attached hydrogen (secondary N) is 2. The molecular formula is C20H27ClN4O. The molecule has 0 aliphatic carbocycles. The van der Waals surface area contributed by atoms with Gasteiger partial charge in [-0.1, -0.05) is 41.9 Å². The molecule has 5 nitrogen and oxygen atoms in total. The number of benzene rings is 2.